The Kier molecular flexibility index (Phi) is 4.12. The number of rotatable bonds is 4. The highest BCUT2D eigenvalue weighted by atomic mass is 16.6. The van der Waals surface area contributed by atoms with E-state index in [1.165, 1.54) is 0 Å². The van der Waals surface area contributed by atoms with Crippen LogP contribution in [0.2, 0.25) is 0 Å². The maximum atomic E-state index is 11.4. The fourth-order valence-electron chi connectivity index (χ4n) is 3.15. The average molecular weight is 335 g/mol. The molecule has 0 spiro atoms. The molecule has 1 aliphatic heterocycles. The summed E-state index contributed by atoms with van der Waals surface area (Å²) in [7, 11) is 5.43. The summed E-state index contributed by atoms with van der Waals surface area (Å²) in [5.74, 6) is 1.69. The first-order valence-electron chi connectivity index (χ1n) is 7.82. The molecule has 1 saturated heterocycles. The summed E-state index contributed by atoms with van der Waals surface area (Å²) < 4.78 is 6.96. The fourth-order valence-corrected chi connectivity index (χ4v) is 3.15. The van der Waals surface area contributed by atoms with E-state index in [0.717, 1.165) is 19.4 Å². The van der Waals surface area contributed by atoms with Gasteiger partial charge in [0, 0.05) is 34.2 Å². The first-order chi connectivity index (χ1) is 11.4. The monoisotopic (exact) mass is 335 g/mol. The molecule has 1 fully saturated rings. The molecule has 24 heavy (non-hydrogen) atoms. The zero-order valence-corrected chi connectivity index (χ0v) is 14.3. The first kappa shape index (κ1) is 16.2. The Balaban J connectivity index is 1.87. The van der Waals surface area contributed by atoms with Crippen LogP contribution in [-0.2, 0) is 7.05 Å². The van der Waals surface area contributed by atoms with E-state index in [-0.39, 0.29) is 16.5 Å². The van der Waals surface area contributed by atoms with Crippen LogP contribution >= 0.6 is 0 Å². The Morgan fingerprint density at radius 1 is 1.42 bits per heavy atom. The van der Waals surface area contributed by atoms with Gasteiger partial charge in [-0.1, -0.05) is 0 Å². The largest absolute Gasteiger partial charge is 0.350 e. The Labute approximate surface area is 139 Å². The van der Waals surface area contributed by atoms with Crippen LogP contribution in [0.15, 0.2) is 4.52 Å². The van der Waals surface area contributed by atoms with Crippen molar-refractivity contribution in [3.63, 3.8) is 0 Å². The van der Waals surface area contributed by atoms with Gasteiger partial charge in [-0.05, 0) is 24.9 Å². The molecular weight excluding hydrogens is 314 g/mol. The number of aromatic nitrogens is 4. The van der Waals surface area contributed by atoms with Crippen LogP contribution < -0.4 is 9.80 Å². The molecule has 2 aromatic heterocycles. The van der Waals surface area contributed by atoms with Crippen molar-refractivity contribution < 1.29 is 9.45 Å². The van der Waals surface area contributed by atoms with Gasteiger partial charge >= 0.3 is 5.69 Å². The van der Waals surface area contributed by atoms with E-state index in [9.17, 15) is 10.1 Å². The lowest BCUT2D eigenvalue weighted by molar-refractivity contribution is -0.384. The molecule has 3 rings (SSSR count). The second-order valence-electron chi connectivity index (χ2n) is 6.25. The van der Waals surface area contributed by atoms with E-state index in [2.05, 4.69) is 15.2 Å². The Hall–Kier alpha value is -2.65. The van der Waals surface area contributed by atoms with Gasteiger partial charge in [-0.3, -0.25) is 10.1 Å². The molecule has 2 aromatic rings. The average Bonchev–Trinajstić information content (AvgIpc) is 3.12. The van der Waals surface area contributed by atoms with Crippen molar-refractivity contribution in [3.8, 4) is 0 Å². The molecular formula is C14H21N7O3. The quantitative estimate of drug-likeness (QED) is 0.611. The van der Waals surface area contributed by atoms with E-state index in [1.807, 2.05) is 19.0 Å². The molecule has 0 aliphatic carbocycles. The van der Waals surface area contributed by atoms with Gasteiger partial charge in [0.25, 0.3) is 5.95 Å². The summed E-state index contributed by atoms with van der Waals surface area (Å²) in [5.41, 5.74) is 0.491. The molecule has 0 N–H and O–H groups in total. The molecule has 0 bridgehead atoms. The van der Waals surface area contributed by atoms with Gasteiger partial charge in [0.2, 0.25) is 11.7 Å². The highest BCUT2D eigenvalue weighted by Gasteiger charge is 2.33. The normalized spacial score (nSPS) is 18.0. The minimum Gasteiger partial charge on any atom is -0.350 e. The maximum Gasteiger partial charge on any atom is 0.333 e. The van der Waals surface area contributed by atoms with Gasteiger partial charge in [-0.2, -0.15) is 10.1 Å². The number of nitrogens with zero attached hydrogens (tertiary/aromatic N) is 7. The predicted molar refractivity (Wildman–Crippen MR) is 87.4 cm³/mol. The van der Waals surface area contributed by atoms with Gasteiger partial charge in [0.1, 0.15) is 5.69 Å². The van der Waals surface area contributed by atoms with Gasteiger partial charge in [0.15, 0.2) is 0 Å². The van der Waals surface area contributed by atoms with E-state index in [1.54, 1.807) is 23.6 Å². The number of anilines is 2. The second kappa shape index (κ2) is 6.10. The third-order valence-electron chi connectivity index (χ3n) is 4.24. The van der Waals surface area contributed by atoms with Crippen molar-refractivity contribution in [2.75, 3.05) is 37.0 Å². The highest BCUT2D eigenvalue weighted by Crippen LogP contribution is 2.35. The van der Waals surface area contributed by atoms with Crippen LogP contribution in [-0.4, -0.2) is 52.0 Å². The SMILES string of the molecule is Cc1nn(C)c(N2CCC[C@@H](c3nc(N(C)C)no3)C2)c1[N+](=O)[O-]. The third kappa shape index (κ3) is 2.79. The van der Waals surface area contributed by atoms with Gasteiger partial charge in [0.05, 0.1) is 10.8 Å². The second-order valence-corrected chi connectivity index (χ2v) is 6.25. The molecule has 10 heteroatoms. The highest BCUT2D eigenvalue weighted by molar-refractivity contribution is 5.61. The lowest BCUT2D eigenvalue weighted by Crippen LogP contribution is -2.36. The van der Waals surface area contributed by atoms with Crippen molar-refractivity contribution in [1.82, 2.24) is 19.9 Å². The minimum absolute atomic E-state index is 0.0507. The number of piperidine rings is 1. The Bertz CT molecular complexity index is 752. The van der Waals surface area contributed by atoms with Crippen LogP contribution in [0.3, 0.4) is 0 Å². The standard InChI is InChI=1S/C14H21N7O3/c1-9-11(21(22)23)13(19(4)16-9)20-7-5-6-10(8-20)12-15-14(17-24-12)18(2)3/h10H,5-8H2,1-4H3/t10-/m1/s1. The van der Waals surface area contributed by atoms with Crippen LogP contribution in [0.1, 0.15) is 30.3 Å². The predicted octanol–water partition coefficient (Wildman–Crippen LogP) is 1.47. The van der Waals surface area contributed by atoms with E-state index < -0.39 is 0 Å². The summed E-state index contributed by atoms with van der Waals surface area (Å²) in [6.45, 7) is 2.99. The van der Waals surface area contributed by atoms with Gasteiger partial charge < -0.3 is 14.3 Å². The van der Waals surface area contributed by atoms with Crippen LogP contribution in [0.25, 0.3) is 0 Å². The topological polar surface area (TPSA) is 106 Å². The van der Waals surface area contributed by atoms with Crippen molar-refractivity contribution in [2.45, 2.75) is 25.7 Å². The number of aryl methyl sites for hydroxylation is 2. The molecule has 0 saturated carbocycles. The van der Waals surface area contributed by atoms with Crippen molar-refractivity contribution in [2.24, 2.45) is 7.05 Å². The van der Waals surface area contributed by atoms with Gasteiger partial charge in [-0.15, -0.1) is 0 Å². The molecule has 1 aliphatic rings. The lowest BCUT2D eigenvalue weighted by Gasteiger charge is -2.31. The van der Waals surface area contributed by atoms with Crippen molar-refractivity contribution in [1.29, 1.82) is 0 Å². The summed E-state index contributed by atoms with van der Waals surface area (Å²) in [6, 6.07) is 0. The van der Waals surface area contributed by atoms with Crippen LogP contribution in [0, 0.1) is 17.0 Å². The third-order valence-corrected chi connectivity index (χ3v) is 4.24. The Morgan fingerprint density at radius 2 is 2.17 bits per heavy atom. The zero-order valence-electron chi connectivity index (χ0n) is 14.3. The summed E-state index contributed by atoms with van der Waals surface area (Å²) >= 11 is 0. The Morgan fingerprint density at radius 3 is 2.79 bits per heavy atom. The molecule has 1 atom stereocenters. The van der Waals surface area contributed by atoms with Crippen molar-refractivity contribution in [3.05, 3.63) is 21.7 Å². The van der Waals surface area contributed by atoms with Crippen LogP contribution in [0.4, 0.5) is 17.5 Å². The van der Waals surface area contributed by atoms with Crippen molar-refractivity contribution >= 4 is 17.5 Å². The summed E-state index contributed by atoms with van der Waals surface area (Å²) in [5, 5.41) is 19.6. The summed E-state index contributed by atoms with van der Waals surface area (Å²) in [6.07, 6.45) is 1.81. The minimum atomic E-state index is -0.363. The number of hydrogen-bond acceptors (Lipinski definition) is 8. The zero-order chi connectivity index (χ0) is 17.4. The van der Waals surface area contributed by atoms with E-state index in [0.29, 0.717) is 29.9 Å². The number of hydrogen-bond donors (Lipinski definition) is 0. The molecule has 10 nitrogen and oxygen atoms in total. The molecule has 130 valence electrons. The number of nitro groups is 1. The summed E-state index contributed by atoms with van der Waals surface area (Å²) in [4.78, 5) is 19.2. The molecule has 0 radical (unpaired) electrons. The molecule has 3 heterocycles. The fraction of sp³-hybridized carbons (Fsp3) is 0.643. The smallest absolute Gasteiger partial charge is 0.333 e. The molecule has 0 unspecified atom stereocenters. The molecule has 0 aromatic carbocycles. The molecule has 0 amide bonds. The van der Waals surface area contributed by atoms with Gasteiger partial charge in [-0.25, -0.2) is 4.68 Å². The maximum absolute atomic E-state index is 11.4. The van der Waals surface area contributed by atoms with Crippen LogP contribution in [0.5, 0.6) is 0 Å². The first-order valence-corrected chi connectivity index (χ1v) is 7.82. The van der Waals surface area contributed by atoms with E-state index >= 15 is 0 Å². The van der Waals surface area contributed by atoms with E-state index in [4.69, 9.17) is 4.52 Å². The lowest BCUT2D eigenvalue weighted by atomic mass is 9.98.